The van der Waals surface area contributed by atoms with E-state index < -0.39 is 10.0 Å². The van der Waals surface area contributed by atoms with Gasteiger partial charge in [-0.3, -0.25) is 4.79 Å². The fourth-order valence-corrected chi connectivity index (χ4v) is 4.31. The molecule has 0 radical (unpaired) electrons. The van der Waals surface area contributed by atoms with Crippen molar-refractivity contribution >= 4 is 15.9 Å². The topological polar surface area (TPSA) is 75.7 Å². The van der Waals surface area contributed by atoms with Gasteiger partial charge in [-0.25, -0.2) is 8.42 Å². The van der Waals surface area contributed by atoms with E-state index in [1.807, 2.05) is 0 Å². The molecule has 0 saturated carbocycles. The number of nitrogens with zero attached hydrogens (tertiary/aromatic N) is 1. The molecule has 128 valence electrons. The van der Waals surface area contributed by atoms with Crippen LogP contribution in [0.15, 0.2) is 23.1 Å². The van der Waals surface area contributed by atoms with Crippen molar-refractivity contribution in [2.45, 2.75) is 37.0 Å². The first-order valence-corrected chi connectivity index (χ1v) is 9.30. The molecule has 7 heteroatoms. The van der Waals surface area contributed by atoms with Crippen LogP contribution in [0.3, 0.4) is 0 Å². The van der Waals surface area contributed by atoms with Crippen molar-refractivity contribution in [1.82, 2.24) is 9.62 Å². The van der Waals surface area contributed by atoms with E-state index in [1.165, 1.54) is 7.11 Å². The lowest BCUT2D eigenvalue weighted by Crippen LogP contribution is -2.35. The lowest BCUT2D eigenvalue weighted by Gasteiger charge is -2.26. The highest BCUT2D eigenvalue weighted by Gasteiger charge is 2.26. The molecule has 1 aromatic rings. The Morgan fingerprint density at radius 2 is 1.96 bits per heavy atom. The van der Waals surface area contributed by atoms with E-state index in [9.17, 15) is 13.2 Å². The monoisotopic (exact) mass is 340 g/mol. The van der Waals surface area contributed by atoms with E-state index in [0.29, 0.717) is 31.7 Å². The second-order valence-electron chi connectivity index (χ2n) is 5.61. The Balaban J connectivity index is 2.26. The summed E-state index contributed by atoms with van der Waals surface area (Å²) in [6.07, 6.45) is 3.61. The number of hydrogen-bond donors (Lipinski definition) is 1. The highest BCUT2D eigenvalue weighted by atomic mass is 32.2. The summed E-state index contributed by atoms with van der Waals surface area (Å²) in [5, 5.41) is 2.56. The van der Waals surface area contributed by atoms with Crippen molar-refractivity contribution in [3.8, 4) is 5.75 Å². The van der Waals surface area contributed by atoms with Gasteiger partial charge in [-0.1, -0.05) is 6.42 Å². The average molecular weight is 340 g/mol. The van der Waals surface area contributed by atoms with Crippen LogP contribution < -0.4 is 10.1 Å². The van der Waals surface area contributed by atoms with Crippen LogP contribution in [0.25, 0.3) is 0 Å². The lowest BCUT2D eigenvalue weighted by atomic mass is 10.1. The van der Waals surface area contributed by atoms with Gasteiger partial charge >= 0.3 is 0 Å². The van der Waals surface area contributed by atoms with E-state index in [-0.39, 0.29) is 10.8 Å². The molecule has 0 bridgehead atoms. The highest BCUT2D eigenvalue weighted by molar-refractivity contribution is 7.89. The van der Waals surface area contributed by atoms with E-state index in [0.717, 1.165) is 24.8 Å². The number of methoxy groups -OCH3 is 1. The maximum Gasteiger partial charge on any atom is 0.243 e. The summed E-state index contributed by atoms with van der Waals surface area (Å²) >= 11 is 0. The molecule has 1 fully saturated rings. The summed E-state index contributed by atoms with van der Waals surface area (Å²) < 4.78 is 32.3. The van der Waals surface area contributed by atoms with Gasteiger partial charge in [0.15, 0.2) is 0 Å². The quantitative estimate of drug-likeness (QED) is 0.852. The summed E-state index contributed by atoms with van der Waals surface area (Å²) in [6.45, 7) is 1.14. The zero-order valence-corrected chi connectivity index (χ0v) is 14.5. The van der Waals surface area contributed by atoms with Gasteiger partial charge in [0.2, 0.25) is 15.9 Å². The SMILES string of the molecule is CNC(=O)CCc1cc(S(=O)(=O)N2CCCCC2)ccc1OC. The summed E-state index contributed by atoms with van der Waals surface area (Å²) in [4.78, 5) is 11.7. The molecular formula is C16H24N2O4S. The van der Waals surface area contributed by atoms with Gasteiger partial charge in [0.25, 0.3) is 0 Å². The molecule has 23 heavy (non-hydrogen) atoms. The zero-order valence-electron chi connectivity index (χ0n) is 13.7. The molecule has 1 aliphatic heterocycles. The Labute approximate surface area is 137 Å². The number of piperidine rings is 1. The van der Waals surface area contributed by atoms with E-state index in [1.54, 1.807) is 29.6 Å². The van der Waals surface area contributed by atoms with Crippen molar-refractivity contribution in [2.24, 2.45) is 0 Å². The number of hydrogen-bond acceptors (Lipinski definition) is 4. The van der Waals surface area contributed by atoms with Crippen LogP contribution in [0, 0.1) is 0 Å². The van der Waals surface area contributed by atoms with Crippen LogP contribution in [0.2, 0.25) is 0 Å². The molecule has 1 aromatic carbocycles. The number of ether oxygens (including phenoxy) is 1. The third-order valence-corrected chi connectivity index (χ3v) is 6.00. The Morgan fingerprint density at radius 1 is 1.26 bits per heavy atom. The Hall–Kier alpha value is -1.60. The van der Waals surface area contributed by atoms with Crippen LogP contribution in [-0.4, -0.2) is 45.9 Å². The normalized spacial score (nSPS) is 16.1. The molecule has 0 unspecified atom stereocenters. The molecule has 6 nitrogen and oxygen atoms in total. The Kier molecular flexibility index (Phi) is 6.01. The lowest BCUT2D eigenvalue weighted by molar-refractivity contribution is -0.120. The van der Waals surface area contributed by atoms with E-state index in [2.05, 4.69) is 5.32 Å². The van der Waals surface area contributed by atoms with Gasteiger partial charge in [0.1, 0.15) is 5.75 Å². The molecule has 1 heterocycles. The third-order valence-electron chi connectivity index (χ3n) is 4.10. The van der Waals surface area contributed by atoms with Gasteiger partial charge < -0.3 is 10.1 Å². The van der Waals surface area contributed by atoms with Crippen LogP contribution in [0.1, 0.15) is 31.2 Å². The summed E-state index contributed by atoms with van der Waals surface area (Å²) in [5.41, 5.74) is 0.731. The summed E-state index contributed by atoms with van der Waals surface area (Å²) in [5.74, 6) is 0.517. The minimum absolute atomic E-state index is 0.0867. The Bertz CT molecular complexity index is 652. The molecular weight excluding hydrogens is 316 g/mol. The molecule has 0 spiro atoms. The van der Waals surface area contributed by atoms with Crippen LogP contribution in [0.4, 0.5) is 0 Å². The van der Waals surface area contributed by atoms with Crippen LogP contribution in [-0.2, 0) is 21.2 Å². The van der Waals surface area contributed by atoms with E-state index >= 15 is 0 Å². The van der Waals surface area contributed by atoms with Gasteiger partial charge in [-0.05, 0) is 43.0 Å². The molecule has 1 amide bonds. The summed E-state index contributed by atoms with van der Waals surface area (Å²) in [7, 11) is -0.357. The first-order valence-electron chi connectivity index (χ1n) is 7.86. The Morgan fingerprint density at radius 3 is 2.57 bits per heavy atom. The van der Waals surface area contributed by atoms with Crippen LogP contribution >= 0.6 is 0 Å². The number of sulfonamides is 1. The molecule has 0 aliphatic carbocycles. The van der Waals surface area contributed by atoms with Gasteiger partial charge in [0.05, 0.1) is 12.0 Å². The number of carbonyl (C=O) groups excluding carboxylic acids is 1. The maximum atomic E-state index is 12.7. The average Bonchev–Trinajstić information content (AvgIpc) is 2.60. The number of carbonyl (C=O) groups is 1. The van der Waals surface area contributed by atoms with Crippen molar-refractivity contribution < 1.29 is 17.9 Å². The highest BCUT2D eigenvalue weighted by Crippen LogP contribution is 2.27. The second-order valence-corrected chi connectivity index (χ2v) is 7.55. The number of nitrogens with one attached hydrogen (secondary N) is 1. The zero-order chi connectivity index (χ0) is 16.9. The summed E-state index contributed by atoms with van der Waals surface area (Å²) in [6, 6.07) is 4.87. The first-order chi connectivity index (χ1) is 11.0. The van der Waals surface area contributed by atoms with Gasteiger partial charge in [-0.2, -0.15) is 4.31 Å². The predicted octanol–water partition coefficient (Wildman–Crippen LogP) is 1.55. The van der Waals surface area contributed by atoms with Gasteiger partial charge in [0, 0.05) is 26.6 Å². The number of amides is 1. The molecule has 1 N–H and O–H groups in total. The van der Waals surface area contributed by atoms with Crippen LogP contribution in [0.5, 0.6) is 5.75 Å². The minimum atomic E-state index is -3.48. The van der Waals surface area contributed by atoms with Crippen molar-refractivity contribution in [3.05, 3.63) is 23.8 Å². The molecule has 1 aliphatic rings. The number of aryl methyl sites for hydroxylation is 1. The molecule has 0 atom stereocenters. The van der Waals surface area contributed by atoms with E-state index in [4.69, 9.17) is 4.74 Å². The fraction of sp³-hybridized carbons (Fsp3) is 0.562. The van der Waals surface area contributed by atoms with Gasteiger partial charge in [-0.15, -0.1) is 0 Å². The van der Waals surface area contributed by atoms with Crippen molar-refractivity contribution in [1.29, 1.82) is 0 Å². The molecule has 1 saturated heterocycles. The fourth-order valence-electron chi connectivity index (χ4n) is 2.74. The number of benzene rings is 1. The minimum Gasteiger partial charge on any atom is -0.496 e. The largest absolute Gasteiger partial charge is 0.496 e. The predicted molar refractivity (Wildman–Crippen MR) is 88.0 cm³/mol. The smallest absolute Gasteiger partial charge is 0.243 e. The van der Waals surface area contributed by atoms with Crippen molar-refractivity contribution in [2.75, 3.05) is 27.2 Å². The second kappa shape index (κ2) is 7.79. The standard InChI is InChI=1S/C16H24N2O4S/c1-17-16(19)9-6-13-12-14(7-8-15(13)22-2)23(20,21)18-10-4-3-5-11-18/h7-8,12H,3-6,9-11H2,1-2H3,(H,17,19). The van der Waals surface area contributed by atoms with Crippen molar-refractivity contribution in [3.63, 3.8) is 0 Å². The molecule has 2 rings (SSSR count). The first kappa shape index (κ1) is 17.7. The molecule has 0 aromatic heterocycles. The maximum absolute atomic E-state index is 12.7. The number of rotatable bonds is 6. The third kappa shape index (κ3) is 4.23.